The molecule has 4 atom stereocenters. The van der Waals surface area contributed by atoms with Gasteiger partial charge in [0.2, 0.25) is 0 Å². The van der Waals surface area contributed by atoms with Crippen molar-refractivity contribution in [3.8, 4) is 0 Å². The second kappa shape index (κ2) is 2.83. The maximum atomic E-state index is 5.72. The molecule has 0 aromatic rings. The van der Waals surface area contributed by atoms with Gasteiger partial charge in [-0.05, 0) is 31.1 Å². The summed E-state index contributed by atoms with van der Waals surface area (Å²) in [7, 11) is 3.61. The van der Waals surface area contributed by atoms with Crippen LogP contribution in [0.2, 0.25) is 0 Å². The van der Waals surface area contributed by atoms with E-state index in [-0.39, 0.29) is 5.79 Å². The van der Waals surface area contributed by atoms with Crippen LogP contribution in [0.1, 0.15) is 19.3 Å². The SMILES string of the molecule is COC1(OC)[C@@H]2CC[C@H]1[C@H]1CC=C[C@H]12. The third-order valence-corrected chi connectivity index (χ3v) is 4.70. The van der Waals surface area contributed by atoms with Crippen LogP contribution in [-0.2, 0) is 9.47 Å². The average Bonchev–Trinajstić information content (AvgIpc) is 2.87. The fraction of sp³-hybridized carbons (Fsp3) is 0.833. The van der Waals surface area contributed by atoms with E-state index in [0.717, 1.165) is 11.8 Å². The summed E-state index contributed by atoms with van der Waals surface area (Å²) in [5.74, 6) is 2.51. The van der Waals surface area contributed by atoms with E-state index in [9.17, 15) is 0 Å². The highest BCUT2D eigenvalue weighted by Crippen LogP contribution is 2.63. The molecule has 14 heavy (non-hydrogen) atoms. The van der Waals surface area contributed by atoms with Gasteiger partial charge in [0, 0.05) is 26.1 Å². The summed E-state index contributed by atoms with van der Waals surface area (Å²) in [6, 6.07) is 0. The second-order valence-corrected chi connectivity index (χ2v) is 4.83. The fourth-order valence-corrected chi connectivity index (χ4v) is 4.26. The number of allylic oxidation sites excluding steroid dienone is 2. The Bertz CT molecular complexity index is 267. The Labute approximate surface area is 85.3 Å². The van der Waals surface area contributed by atoms with Crippen LogP contribution in [0, 0.1) is 23.7 Å². The van der Waals surface area contributed by atoms with Crippen molar-refractivity contribution in [3.63, 3.8) is 0 Å². The Morgan fingerprint density at radius 2 is 1.86 bits per heavy atom. The molecule has 0 aromatic heterocycles. The number of fused-ring (bicyclic) bond motifs is 5. The smallest absolute Gasteiger partial charge is 0.174 e. The predicted octanol–water partition coefficient (Wildman–Crippen LogP) is 2.21. The van der Waals surface area contributed by atoms with Gasteiger partial charge in [0.05, 0.1) is 0 Å². The van der Waals surface area contributed by atoms with Crippen molar-refractivity contribution >= 4 is 0 Å². The Hall–Kier alpha value is -0.340. The molecule has 0 N–H and O–H groups in total. The normalized spacial score (nSPS) is 47.3. The lowest BCUT2D eigenvalue weighted by atomic mass is 9.82. The van der Waals surface area contributed by atoms with E-state index in [1.54, 1.807) is 14.2 Å². The largest absolute Gasteiger partial charge is 0.353 e. The van der Waals surface area contributed by atoms with Gasteiger partial charge in [0.25, 0.3) is 0 Å². The summed E-state index contributed by atoms with van der Waals surface area (Å²) < 4.78 is 11.4. The highest BCUT2D eigenvalue weighted by molar-refractivity contribution is 5.18. The molecule has 0 aromatic carbocycles. The molecular weight excluding hydrogens is 176 g/mol. The lowest BCUT2D eigenvalue weighted by molar-refractivity contribution is -0.238. The van der Waals surface area contributed by atoms with Crippen LogP contribution in [-0.4, -0.2) is 20.0 Å². The summed E-state index contributed by atoms with van der Waals surface area (Å²) in [6.07, 6.45) is 8.53. The van der Waals surface area contributed by atoms with Crippen molar-refractivity contribution in [2.75, 3.05) is 14.2 Å². The molecule has 0 spiro atoms. The van der Waals surface area contributed by atoms with Gasteiger partial charge < -0.3 is 9.47 Å². The monoisotopic (exact) mass is 194 g/mol. The van der Waals surface area contributed by atoms with Gasteiger partial charge in [0.15, 0.2) is 5.79 Å². The molecule has 2 saturated carbocycles. The zero-order chi connectivity index (χ0) is 9.76. The topological polar surface area (TPSA) is 18.5 Å². The maximum absolute atomic E-state index is 5.72. The molecule has 0 heterocycles. The maximum Gasteiger partial charge on any atom is 0.174 e. The Balaban J connectivity index is 1.99. The standard InChI is InChI=1S/C12H18O2/c1-13-12(14-2)10-6-7-11(12)9-5-3-4-8(9)10/h3-4,8-11H,5-7H2,1-2H3/t8-,9+,10-,11+/m1/s1. The minimum absolute atomic E-state index is 0.250. The van der Waals surface area contributed by atoms with Gasteiger partial charge in [-0.25, -0.2) is 0 Å². The van der Waals surface area contributed by atoms with Crippen molar-refractivity contribution in [1.29, 1.82) is 0 Å². The number of hydrogen-bond donors (Lipinski definition) is 0. The third-order valence-electron chi connectivity index (χ3n) is 4.70. The fourth-order valence-electron chi connectivity index (χ4n) is 4.26. The quantitative estimate of drug-likeness (QED) is 0.495. The van der Waals surface area contributed by atoms with Crippen molar-refractivity contribution in [2.24, 2.45) is 23.7 Å². The lowest BCUT2D eigenvalue weighted by Crippen LogP contribution is -2.40. The minimum atomic E-state index is -0.250. The molecule has 3 aliphatic rings. The zero-order valence-corrected chi connectivity index (χ0v) is 8.90. The summed E-state index contributed by atoms with van der Waals surface area (Å²) in [5, 5.41) is 0. The first-order chi connectivity index (χ1) is 6.83. The Morgan fingerprint density at radius 3 is 2.50 bits per heavy atom. The molecule has 3 aliphatic carbocycles. The van der Waals surface area contributed by atoms with E-state index in [1.165, 1.54) is 19.3 Å². The van der Waals surface area contributed by atoms with E-state index >= 15 is 0 Å². The molecular formula is C12H18O2. The van der Waals surface area contributed by atoms with E-state index in [0.29, 0.717) is 11.8 Å². The third kappa shape index (κ3) is 0.801. The van der Waals surface area contributed by atoms with Crippen LogP contribution in [0.25, 0.3) is 0 Å². The zero-order valence-electron chi connectivity index (χ0n) is 8.90. The molecule has 2 fully saturated rings. The highest BCUT2D eigenvalue weighted by atomic mass is 16.7. The van der Waals surface area contributed by atoms with Crippen molar-refractivity contribution < 1.29 is 9.47 Å². The summed E-state index contributed by atoms with van der Waals surface area (Å²) in [4.78, 5) is 0. The molecule has 0 aliphatic heterocycles. The lowest BCUT2D eigenvalue weighted by Gasteiger charge is -2.32. The molecule has 0 amide bonds. The van der Waals surface area contributed by atoms with Crippen LogP contribution >= 0.6 is 0 Å². The van der Waals surface area contributed by atoms with Gasteiger partial charge in [-0.2, -0.15) is 0 Å². The van der Waals surface area contributed by atoms with E-state index < -0.39 is 0 Å². The van der Waals surface area contributed by atoms with E-state index in [4.69, 9.17) is 9.47 Å². The van der Waals surface area contributed by atoms with Gasteiger partial charge >= 0.3 is 0 Å². The van der Waals surface area contributed by atoms with Crippen LogP contribution < -0.4 is 0 Å². The predicted molar refractivity (Wildman–Crippen MR) is 53.7 cm³/mol. The van der Waals surface area contributed by atoms with Crippen molar-refractivity contribution in [1.82, 2.24) is 0 Å². The summed E-state index contributed by atoms with van der Waals surface area (Å²) in [5.41, 5.74) is 0. The molecule has 0 radical (unpaired) electrons. The van der Waals surface area contributed by atoms with Crippen molar-refractivity contribution in [2.45, 2.75) is 25.0 Å². The van der Waals surface area contributed by atoms with Crippen LogP contribution in [0.4, 0.5) is 0 Å². The first-order valence-corrected chi connectivity index (χ1v) is 5.60. The molecule has 2 nitrogen and oxygen atoms in total. The van der Waals surface area contributed by atoms with Gasteiger partial charge in [-0.1, -0.05) is 12.2 Å². The van der Waals surface area contributed by atoms with Crippen LogP contribution in [0.15, 0.2) is 12.2 Å². The Morgan fingerprint density at radius 1 is 1.14 bits per heavy atom. The first-order valence-electron chi connectivity index (χ1n) is 5.60. The number of methoxy groups -OCH3 is 2. The van der Waals surface area contributed by atoms with E-state index in [1.807, 2.05) is 0 Å². The van der Waals surface area contributed by atoms with Gasteiger partial charge in [0.1, 0.15) is 0 Å². The highest BCUT2D eigenvalue weighted by Gasteiger charge is 2.64. The molecule has 2 heteroatoms. The second-order valence-electron chi connectivity index (χ2n) is 4.83. The summed E-state index contributed by atoms with van der Waals surface area (Å²) >= 11 is 0. The molecule has 0 unspecified atom stereocenters. The number of rotatable bonds is 2. The average molecular weight is 194 g/mol. The summed E-state index contributed by atoms with van der Waals surface area (Å²) in [6.45, 7) is 0. The minimum Gasteiger partial charge on any atom is -0.353 e. The molecule has 2 bridgehead atoms. The van der Waals surface area contributed by atoms with E-state index in [2.05, 4.69) is 12.2 Å². The number of ether oxygens (including phenoxy) is 2. The van der Waals surface area contributed by atoms with Crippen LogP contribution in [0.5, 0.6) is 0 Å². The first kappa shape index (κ1) is 8.93. The molecule has 3 rings (SSSR count). The van der Waals surface area contributed by atoms with Crippen LogP contribution in [0.3, 0.4) is 0 Å². The molecule has 78 valence electrons. The van der Waals surface area contributed by atoms with Crippen molar-refractivity contribution in [3.05, 3.63) is 12.2 Å². The van der Waals surface area contributed by atoms with Gasteiger partial charge in [-0.15, -0.1) is 0 Å². The number of hydrogen-bond acceptors (Lipinski definition) is 2. The Kier molecular flexibility index (Phi) is 1.80. The molecule has 0 saturated heterocycles. The van der Waals surface area contributed by atoms with Gasteiger partial charge in [-0.3, -0.25) is 0 Å².